The Hall–Kier alpha value is -1.26. The molecule has 0 fully saturated rings. The summed E-state index contributed by atoms with van der Waals surface area (Å²) in [7, 11) is 3.46. The fourth-order valence-electron chi connectivity index (χ4n) is 4.05. The van der Waals surface area contributed by atoms with Crippen molar-refractivity contribution in [1.82, 2.24) is 4.90 Å². The van der Waals surface area contributed by atoms with E-state index in [4.69, 9.17) is 15.2 Å². The SMILES string of the molecule is CCCN(CCCCCCN)[C@H]1CCc2c(ccc(OC)c2OC)C1. The van der Waals surface area contributed by atoms with E-state index in [1.165, 1.54) is 56.3 Å². The lowest BCUT2D eigenvalue weighted by Crippen LogP contribution is -2.40. The van der Waals surface area contributed by atoms with E-state index in [0.29, 0.717) is 6.04 Å². The van der Waals surface area contributed by atoms with Crippen LogP contribution in [0.1, 0.15) is 56.6 Å². The standard InChI is InChI=1S/C21H36N2O2/c1-4-14-23(15-8-6-5-7-13-22)18-10-11-19-17(16-18)9-12-20(24-2)21(19)25-3/h9,12,18H,4-8,10-11,13-16,22H2,1-3H3/t18-/m0/s1. The molecule has 0 radical (unpaired) electrons. The number of fused-ring (bicyclic) bond motifs is 1. The predicted molar refractivity (Wildman–Crippen MR) is 105 cm³/mol. The van der Waals surface area contributed by atoms with Crippen molar-refractivity contribution >= 4 is 0 Å². The van der Waals surface area contributed by atoms with Crippen LogP contribution in [0.25, 0.3) is 0 Å². The lowest BCUT2D eigenvalue weighted by Gasteiger charge is -2.36. The zero-order chi connectivity index (χ0) is 18.1. The summed E-state index contributed by atoms with van der Waals surface area (Å²) >= 11 is 0. The second-order valence-electron chi connectivity index (χ2n) is 7.07. The number of hydrogen-bond acceptors (Lipinski definition) is 4. The Morgan fingerprint density at radius 2 is 1.88 bits per heavy atom. The molecule has 0 heterocycles. The van der Waals surface area contributed by atoms with Crippen molar-refractivity contribution < 1.29 is 9.47 Å². The fourth-order valence-corrected chi connectivity index (χ4v) is 4.05. The molecule has 2 N–H and O–H groups in total. The molecule has 1 aromatic rings. The number of ether oxygens (including phenoxy) is 2. The molecule has 0 spiro atoms. The highest BCUT2D eigenvalue weighted by atomic mass is 16.5. The molecule has 0 aromatic heterocycles. The van der Waals surface area contributed by atoms with Gasteiger partial charge in [-0.15, -0.1) is 0 Å². The topological polar surface area (TPSA) is 47.7 Å². The van der Waals surface area contributed by atoms with E-state index < -0.39 is 0 Å². The largest absolute Gasteiger partial charge is 0.493 e. The molecule has 25 heavy (non-hydrogen) atoms. The third-order valence-electron chi connectivity index (χ3n) is 5.36. The number of rotatable bonds is 11. The third-order valence-corrected chi connectivity index (χ3v) is 5.36. The van der Waals surface area contributed by atoms with Crippen LogP contribution in [0.3, 0.4) is 0 Å². The average molecular weight is 349 g/mol. The minimum absolute atomic E-state index is 0.653. The minimum Gasteiger partial charge on any atom is -0.493 e. The molecule has 1 aliphatic rings. The number of benzene rings is 1. The van der Waals surface area contributed by atoms with E-state index in [0.717, 1.165) is 37.3 Å². The molecule has 2 rings (SSSR count). The molecule has 0 bridgehead atoms. The van der Waals surface area contributed by atoms with E-state index in [2.05, 4.69) is 24.0 Å². The molecule has 4 heteroatoms. The average Bonchev–Trinajstić information content (AvgIpc) is 2.65. The van der Waals surface area contributed by atoms with Gasteiger partial charge in [0.1, 0.15) is 0 Å². The van der Waals surface area contributed by atoms with Gasteiger partial charge >= 0.3 is 0 Å². The van der Waals surface area contributed by atoms with Crippen LogP contribution in [-0.4, -0.2) is 44.8 Å². The highest BCUT2D eigenvalue weighted by Gasteiger charge is 2.26. The van der Waals surface area contributed by atoms with Gasteiger partial charge in [-0.1, -0.05) is 25.8 Å². The first kappa shape index (κ1) is 20.1. The maximum absolute atomic E-state index is 5.63. The quantitative estimate of drug-likeness (QED) is 0.618. The van der Waals surface area contributed by atoms with Crippen molar-refractivity contribution in [3.05, 3.63) is 23.3 Å². The van der Waals surface area contributed by atoms with Crippen LogP contribution < -0.4 is 15.2 Å². The molecule has 4 nitrogen and oxygen atoms in total. The van der Waals surface area contributed by atoms with Crippen LogP contribution in [0.15, 0.2) is 12.1 Å². The molecule has 0 unspecified atom stereocenters. The predicted octanol–water partition coefficient (Wildman–Crippen LogP) is 3.79. The summed E-state index contributed by atoms with van der Waals surface area (Å²) in [6.07, 6.45) is 9.64. The zero-order valence-corrected chi connectivity index (χ0v) is 16.4. The Morgan fingerprint density at radius 3 is 2.56 bits per heavy atom. The fraction of sp³-hybridized carbons (Fsp3) is 0.714. The first-order chi connectivity index (χ1) is 12.2. The second-order valence-corrected chi connectivity index (χ2v) is 7.07. The minimum atomic E-state index is 0.653. The first-order valence-electron chi connectivity index (χ1n) is 9.92. The second kappa shape index (κ2) is 10.7. The Morgan fingerprint density at radius 1 is 1.08 bits per heavy atom. The van der Waals surface area contributed by atoms with Gasteiger partial charge in [-0.25, -0.2) is 0 Å². The summed E-state index contributed by atoms with van der Waals surface area (Å²) in [4.78, 5) is 2.71. The highest BCUT2D eigenvalue weighted by Crippen LogP contribution is 2.38. The summed E-state index contributed by atoms with van der Waals surface area (Å²) in [6, 6.07) is 4.94. The van der Waals surface area contributed by atoms with Crippen LogP contribution in [0.5, 0.6) is 11.5 Å². The lowest BCUT2D eigenvalue weighted by molar-refractivity contribution is 0.175. The van der Waals surface area contributed by atoms with Crippen molar-refractivity contribution in [2.75, 3.05) is 33.9 Å². The Kier molecular flexibility index (Phi) is 8.56. The number of nitrogens with zero attached hydrogens (tertiary/aromatic N) is 1. The van der Waals surface area contributed by atoms with E-state index in [9.17, 15) is 0 Å². The van der Waals surface area contributed by atoms with Crippen molar-refractivity contribution in [3.8, 4) is 11.5 Å². The molecule has 142 valence electrons. The van der Waals surface area contributed by atoms with Gasteiger partial charge in [0.15, 0.2) is 11.5 Å². The molecule has 1 aliphatic carbocycles. The van der Waals surface area contributed by atoms with Gasteiger partial charge in [0.25, 0.3) is 0 Å². The van der Waals surface area contributed by atoms with Gasteiger partial charge in [-0.3, -0.25) is 0 Å². The molecule has 1 atom stereocenters. The number of unbranched alkanes of at least 4 members (excludes halogenated alkanes) is 3. The van der Waals surface area contributed by atoms with Crippen molar-refractivity contribution in [3.63, 3.8) is 0 Å². The van der Waals surface area contributed by atoms with Gasteiger partial charge in [0.2, 0.25) is 0 Å². The summed E-state index contributed by atoms with van der Waals surface area (Å²) in [5, 5.41) is 0. The lowest BCUT2D eigenvalue weighted by atomic mass is 9.86. The van der Waals surface area contributed by atoms with Crippen LogP contribution in [0, 0.1) is 0 Å². The van der Waals surface area contributed by atoms with Gasteiger partial charge in [-0.2, -0.15) is 0 Å². The van der Waals surface area contributed by atoms with Gasteiger partial charge in [-0.05, 0) is 69.8 Å². The van der Waals surface area contributed by atoms with Crippen molar-refractivity contribution in [2.45, 2.75) is 64.3 Å². The Balaban J connectivity index is 2.00. The Bertz CT molecular complexity index is 519. The zero-order valence-electron chi connectivity index (χ0n) is 16.4. The first-order valence-corrected chi connectivity index (χ1v) is 9.92. The monoisotopic (exact) mass is 348 g/mol. The van der Waals surface area contributed by atoms with Crippen molar-refractivity contribution in [1.29, 1.82) is 0 Å². The maximum Gasteiger partial charge on any atom is 0.164 e. The molecular weight excluding hydrogens is 312 g/mol. The van der Waals surface area contributed by atoms with E-state index >= 15 is 0 Å². The third kappa shape index (κ3) is 5.35. The normalized spacial score (nSPS) is 16.8. The molecule has 0 aliphatic heterocycles. The summed E-state index contributed by atoms with van der Waals surface area (Å²) in [5.74, 6) is 1.78. The van der Waals surface area contributed by atoms with Crippen LogP contribution in [0.4, 0.5) is 0 Å². The van der Waals surface area contributed by atoms with E-state index in [1.807, 2.05) is 0 Å². The van der Waals surface area contributed by atoms with E-state index in [-0.39, 0.29) is 0 Å². The molecule has 1 aromatic carbocycles. The van der Waals surface area contributed by atoms with Gasteiger partial charge in [0.05, 0.1) is 14.2 Å². The maximum atomic E-state index is 5.63. The van der Waals surface area contributed by atoms with Crippen molar-refractivity contribution in [2.24, 2.45) is 5.73 Å². The summed E-state index contributed by atoms with van der Waals surface area (Å²) in [5.41, 5.74) is 8.37. The Labute approximate surface area is 153 Å². The summed E-state index contributed by atoms with van der Waals surface area (Å²) < 4.78 is 11.1. The number of hydrogen-bond donors (Lipinski definition) is 1. The van der Waals surface area contributed by atoms with Crippen LogP contribution in [-0.2, 0) is 12.8 Å². The van der Waals surface area contributed by atoms with Crippen LogP contribution in [0.2, 0.25) is 0 Å². The smallest absolute Gasteiger partial charge is 0.164 e. The molecule has 0 saturated heterocycles. The highest BCUT2D eigenvalue weighted by molar-refractivity contribution is 5.52. The van der Waals surface area contributed by atoms with Gasteiger partial charge < -0.3 is 20.1 Å². The van der Waals surface area contributed by atoms with Gasteiger partial charge in [0, 0.05) is 11.6 Å². The number of nitrogens with two attached hydrogens (primary N) is 1. The van der Waals surface area contributed by atoms with Crippen LogP contribution >= 0.6 is 0 Å². The molecule has 0 amide bonds. The molecular formula is C21H36N2O2. The molecule has 0 saturated carbocycles. The summed E-state index contributed by atoms with van der Waals surface area (Å²) in [6.45, 7) is 5.52. The number of methoxy groups -OCH3 is 2. The van der Waals surface area contributed by atoms with E-state index in [1.54, 1.807) is 14.2 Å².